The van der Waals surface area contributed by atoms with Gasteiger partial charge in [0.2, 0.25) is 0 Å². The number of benzene rings is 2. The summed E-state index contributed by atoms with van der Waals surface area (Å²) >= 11 is 3.52. The highest BCUT2D eigenvalue weighted by atomic mass is 79.9. The number of nitrogens with two attached hydrogens (primary N) is 1. The van der Waals surface area contributed by atoms with Gasteiger partial charge >= 0.3 is 0 Å². The largest absolute Gasteiger partial charge is 0.320 e. The lowest BCUT2D eigenvalue weighted by Gasteiger charge is -2.16. The molecule has 0 aliphatic rings. The monoisotopic (exact) mass is 326 g/mol. The molecule has 1 unspecified atom stereocenters. The van der Waals surface area contributed by atoms with Crippen LogP contribution in [-0.2, 0) is 0 Å². The van der Waals surface area contributed by atoms with E-state index in [1.807, 2.05) is 24.4 Å². The van der Waals surface area contributed by atoms with Crippen molar-refractivity contribution in [3.8, 4) is 0 Å². The Hall–Kier alpha value is -1.71. The van der Waals surface area contributed by atoms with Crippen molar-refractivity contribution in [2.24, 2.45) is 5.73 Å². The molecule has 0 aliphatic heterocycles. The molecule has 2 aromatic carbocycles. The van der Waals surface area contributed by atoms with Gasteiger partial charge in [-0.15, -0.1) is 0 Å². The molecule has 100 valence electrons. The first-order valence-electron chi connectivity index (χ1n) is 6.51. The molecule has 0 aliphatic carbocycles. The van der Waals surface area contributed by atoms with Crippen LogP contribution in [0.15, 0.2) is 59.3 Å². The van der Waals surface area contributed by atoms with Gasteiger partial charge in [-0.3, -0.25) is 4.98 Å². The highest BCUT2D eigenvalue weighted by molar-refractivity contribution is 9.10. The summed E-state index contributed by atoms with van der Waals surface area (Å²) in [7, 11) is 0. The van der Waals surface area contributed by atoms with Crippen molar-refractivity contribution in [3.63, 3.8) is 0 Å². The van der Waals surface area contributed by atoms with E-state index in [-0.39, 0.29) is 6.04 Å². The van der Waals surface area contributed by atoms with Gasteiger partial charge < -0.3 is 5.73 Å². The zero-order chi connectivity index (χ0) is 14.1. The molecule has 0 saturated heterocycles. The maximum atomic E-state index is 6.46. The summed E-state index contributed by atoms with van der Waals surface area (Å²) in [5.41, 5.74) is 9.87. The van der Waals surface area contributed by atoms with Crippen LogP contribution in [-0.4, -0.2) is 4.98 Å². The SMILES string of the molecule is Cc1cc(C(N)c2cccc3ccncc23)ccc1Br. The Balaban J connectivity index is 2.12. The predicted molar refractivity (Wildman–Crippen MR) is 86.7 cm³/mol. The fraction of sp³-hybridized carbons (Fsp3) is 0.118. The number of pyridine rings is 1. The van der Waals surface area contributed by atoms with Crippen molar-refractivity contribution in [2.45, 2.75) is 13.0 Å². The summed E-state index contributed by atoms with van der Waals surface area (Å²) in [6, 6.07) is 14.3. The van der Waals surface area contributed by atoms with E-state index in [0.29, 0.717) is 0 Å². The summed E-state index contributed by atoms with van der Waals surface area (Å²) in [6.07, 6.45) is 3.69. The molecule has 3 heteroatoms. The number of rotatable bonds is 2. The smallest absolute Gasteiger partial charge is 0.0558 e. The van der Waals surface area contributed by atoms with Crippen LogP contribution in [0.2, 0.25) is 0 Å². The van der Waals surface area contributed by atoms with Crippen LogP contribution in [0.1, 0.15) is 22.7 Å². The average molecular weight is 327 g/mol. The summed E-state index contributed by atoms with van der Waals surface area (Å²) in [5, 5.41) is 2.28. The third-order valence-electron chi connectivity index (χ3n) is 3.59. The van der Waals surface area contributed by atoms with E-state index in [4.69, 9.17) is 5.73 Å². The van der Waals surface area contributed by atoms with Gasteiger partial charge in [0, 0.05) is 22.3 Å². The van der Waals surface area contributed by atoms with Crippen molar-refractivity contribution in [1.29, 1.82) is 0 Å². The lowest BCUT2D eigenvalue weighted by atomic mass is 9.94. The average Bonchev–Trinajstić information content (AvgIpc) is 2.49. The molecular formula is C17H15BrN2. The second kappa shape index (κ2) is 5.35. The summed E-state index contributed by atoms with van der Waals surface area (Å²) < 4.78 is 1.10. The fourth-order valence-electron chi connectivity index (χ4n) is 2.45. The number of aryl methyl sites for hydroxylation is 1. The first kappa shape index (κ1) is 13.3. The lowest BCUT2D eigenvalue weighted by Crippen LogP contribution is -2.12. The first-order valence-corrected chi connectivity index (χ1v) is 7.30. The van der Waals surface area contributed by atoms with E-state index in [0.717, 1.165) is 21.0 Å². The van der Waals surface area contributed by atoms with Crippen LogP contribution >= 0.6 is 15.9 Å². The second-order valence-electron chi connectivity index (χ2n) is 4.93. The van der Waals surface area contributed by atoms with Crippen LogP contribution in [0, 0.1) is 6.92 Å². The van der Waals surface area contributed by atoms with E-state index in [1.54, 1.807) is 6.20 Å². The van der Waals surface area contributed by atoms with Crippen molar-refractivity contribution in [3.05, 3.63) is 76.0 Å². The Kier molecular flexibility index (Phi) is 3.55. The topological polar surface area (TPSA) is 38.9 Å². The van der Waals surface area contributed by atoms with Gasteiger partial charge in [-0.05, 0) is 41.1 Å². The first-order chi connectivity index (χ1) is 9.66. The lowest BCUT2D eigenvalue weighted by molar-refractivity contribution is 0.877. The number of halogens is 1. The number of fused-ring (bicyclic) bond motifs is 1. The minimum atomic E-state index is -0.144. The molecule has 0 bridgehead atoms. The Bertz CT molecular complexity index is 763. The van der Waals surface area contributed by atoms with Crippen molar-refractivity contribution >= 4 is 26.7 Å². The molecule has 0 spiro atoms. The van der Waals surface area contributed by atoms with E-state index >= 15 is 0 Å². The highest BCUT2D eigenvalue weighted by Gasteiger charge is 2.12. The predicted octanol–water partition coefficient (Wildman–Crippen LogP) is 4.35. The maximum absolute atomic E-state index is 6.46. The number of hydrogen-bond acceptors (Lipinski definition) is 2. The van der Waals surface area contributed by atoms with Crippen LogP contribution in [0.3, 0.4) is 0 Å². The Morgan fingerprint density at radius 1 is 1.15 bits per heavy atom. The summed E-state index contributed by atoms with van der Waals surface area (Å²) in [4.78, 5) is 4.22. The minimum absolute atomic E-state index is 0.144. The van der Waals surface area contributed by atoms with Crippen molar-refractivity contribution in [2.75, 3.05) is 0 Å². The van der Waals surface area contributed by atoms with Crippen molar-refractivity contribution in [1.82, 2.24) is 4.98 Å². The van der Waals surface area contributed by atoms with Crippen molar-refractivity contribution < 1.29 is 0 Å². The molecule has 1 aromatic heterocycles. The van der Waals surface area contributed by atoms with Gasteiger partial charge in [0.15, 0.2) is 0 Å². The molecule has 3 rings (SSSR count). The zero-order valence-corrected chi connectivity index (χ0v) is 12.8. The molecule has 20 heavy (non-hydrogen) atoms. The summed E-state index contributed by atoms with van der Waals surface area (Å²) in [5.74, 6) is 0. The van der Waals surface area contributed by atoms with Crippen LogP contribution in [0.5, 0.6) is 0 Å². The number of nitrogens with zero attached hydrogens (tertiary/aromatic N) is 1. The molecule has 1 heterocycles. The highest BCUT2D eigenvalue weighted by Crippen LogP contribution is 2.28. The third-order valence-corrected chi connectivity index (χ3v) is 4.48. The molecule has 2 nitrogen and oxygen atoms in total. The van der Waals surface area contributed by atoms with Crippen LogP contribution in [0.4, 0.5) is 0 Å². The van der Waals surface area contributed by atoms with E-state index in [2.05, 4.69) is 52.1 Å². The second-order valence-corrected chi connectivity index (χ2v) is 5.78. The summed E-state index contributed by atoms with van der Waals surface area (Å²) in [6.45, 7) is 2.07. The van der Waals surface area contributed by atoms with Gasteiger partial charge in [-0.2, -0.15) is 0 Å². The van der Waals surface area contributed by atoms with Gasteiger partial charge in [-0.25, -0.2) is 0 Å². The number of hydrogen-bond donors (Lipinski definition) is 1. The third kappa shape index (κ3) is 2.35. The quantitative estimate of drug-likeness (QED) is 0.760. The van der Waals surface area contributed by atoms with Gasteiger partial charge in [0.1, 0.15) is 0 Å². The van der Waals surface area contributed by atoms with E-state index < -0.39 is 0 Å². The maximum Gasteiger partial charge on any atom is 0.0558 e. The molecule has 0 fully saturated rings. The molecule has 2 N–H and O–H groups in total. The number of aromatic nitrogens is 1. The Morgan fingerprint density at radius 2 is 2.00 bits per heavy atom. The molecule has 1 atom stereocenters. The van der Waals surface area contributed by atoms with Gasteiger partial charge in [0.05, 0.1) is 6.04 Å². The fourth-order valence-corrected chi connectivity index (χ4v) is 2.70. The van der Waals surface area contributed by atoms with Crippen LogP contribution in [0.25, 0.3) is 10.8 Å². The minimum Gasteiger partial charge on any atom is -0.320 e. The Labute approximate surface area is 126 Å². The molecule has 0 radical (unpaired) electrons. The van der Waals surface area contributed by atoms with Gasteiger partial charge in [-0.1, -0.05) is 46.3 Å². The van der Waals surface area contributed by atoms with Crippen LogP contribution < -0.4 is 5.73 Å². The normalized spacial score (nSPS) is 12.6. The van der Waals surface area contributed by atoms with Gasteiger partial charge in [0.25, 0.3) is 0 Å². The standard InChI is InChI=1S/C17H15BrN2/c1-11-9-13(5-6-16(11)18)17(19)14-4-2-3-12-7-8-20-10-15(12)14/h2-10,17H,19H2,1H3. The molecular weight excluding hydrogens is 312 g/mol. The molecule has 0 amide bonds. The van der Waals surface area contributed by atoms with E-state index in [1.165, 1.54) is 10.9 Å². The molecule has 3 aromatic rings. The Morgan fingerprint density at radius 3 is 2.80 bits per heavy atom. The van der Waals surface area contributed by atoms with E-state index in [9.17, 15) is 0 Å². The molecule has 0 saturated carbocycles. The zero-order valence-electron chi connectivity index (χ0n) is 11.2.